The lowest BCUT2D eigenvalue weighted by Crippen LogP contribution is -2.23. The van der Waals surface area contributed by atoms with E-state index in [9.17, 15) is 9.18 Å². The zero-order valence-electron chi connectivity index (χ0n) is 21.7. The molecule has 0 unspecified atom stereocenters. The van der Waals surface area contributed by atoms with Crippen LogP contribution in [0.25, 0.3) is 40.1 Å². The summed E-state index contributed by atoms with van der Waals surface area (Å²) in [6.07, 6.45) is 7.29. The molecule has 3 aromatic heterocycles. The highest BCUT2D eigenvalue weighted by Crippen LogP contribution is 2.27. The van der Waals surface area contributed by atoms with Crippen LogP contribution in [0.2, 0.25) is 0 Å². The van der Waals surface area contributed by atoms with Gasteiger partial charge in [-0.05, 0) is 80.1 Å². The molecule has 198 valence electrons. The van der Waals surface area contributed by atoms with Gasteiger partial charge in [0.1, 0.15) is 17.3 Å². The highest BCUT2D eigenvalue weighted by Gasteiger charge is 2.14. The van der Waals surface area contributed by atoms with Gasteiger partial charge in [-0.1, -0.05) is 47.7 Å². The van der Waals surface area contributed by atoms with Crippen LogP contribution >= 0.6 is 11.3 Å². The van der Waals surface area contributed by atoms with E-state index in [1.807, 2.05) is 80.7 Å². The second-order valence-electron chi connectivity index (χ2n) is 9.37. The molecule has 6 aromatic rings. The third-order valence-electron chi connectivity index (χ3n) is 6.04. The fourth-order valence-electron chi connectivity index (χ4n) is 4.20. The fourth-order valence-corrected chi connectivity index (χ4v) is 5.10. The molecular weight excluding hydrogens is 525 g/mol. The van der Waals surface area contributed by atoms with Crippen LogP contribution in [0.15, 0.2) is 89.9 Å². The standard InChI is InChI=1S/C31H24FN5O2S/c1-20(2)39-26-15-11-22(12-16-26)29-23(19-36(35-29)25-6-4-3-5-7-25)18-27-30(38)37-31(40-27)33-28(34-37)17-10-21-8-13-24(32)14-9-21/h3-20H,1-2H3/b17-10+,27-18-. The molecule has 0 aliphatic heterocycles. The summed E-state index contributed by atoms with van der Waals surface area (Å²) in [5.74, 6) is 0.885. The van der Waals surface area contributed by atoms with Crippen LogP contribution in [0.3, 0.4) is 0 Å². The molecule has 0 aliphatic carbocycles. The number of para-hydroxylation sites is 1. The van der Waals surface area contributed by atoms with Crippen LogP contribution < -0.4 is 14.8 Å². The van der Waals surface area contributed by atoms with Crippen molar-refractivity contribution in [2.24, 2.45) is 0 Å². The number of rotatable bonds is 7. The van der Waals surface area contributed by atoms with Crippen molar-refractivity contribution in [3.8, 4) is 22.7 Å². The Morgan fingerprint density at radius 2 is 1.68 bits per heavy atom. The Morgan fingerprint density at radius 1 is 0.925 bits per heavy atom. The normalized spacial score (nSPS) is 12.2. The summed E-state index contributed by atoms with van der Waals surface area (Å²) in [6, 6.07) is 23.7. The Bertz CT molecular complexity index is 1920. The quantitative estimate of drug-likeness (QED) is 0.257. The number of benzene rings is 3. The van der Waals surface area contributed by atoms with Gasteiger partial charge in [-0.2, -0.15) is 14.6 Å². The van der Waals surface area contributed by atoms with Gasteiger partial charge in [0.2, 0.25) is 4.96 Å². The van der Waals surface area contributed by atoms with E-state index in [0.717, 1.165) is 33.8 Å². The van der Waals surface area contributed by atoms with Crippen molar-refractivity contribution < 1.29 is 9.13 Å². The van der Waals surface area contributed by atoms with Gasteiger partial charge in [-0.3, -0.25) is 4.79 Å². The lowest BCUT2D eigenvalue weighted by atomic mass is 10.1. The molecule has 0 bridgehead atoms. The summed E-state index contributed by atoms with van der Waals surface area (Å²) < 4.78 is 22.6. The van der Waals surface area contributed by atoms with Crippen molar-refractivity contribution in [2.75, 3.05) is 0 Å². The predicted molar refractivity (Wildman–Crippen MR) is 156 cm³/mol. The Kier molecular flexibility index (Phi) is 6.79. The van der Waals surface area contributed by atoms with E-state index in [2.05, 4.69) is 10.1 Å². The summed E-state index contributed by atoms with van der Waals surface area (Å²) >= 11 is 1.26. The summed E-state index contributed by atoms with van der Waals surface area (Å²) in [6.45, 7) is 3.97. The van der Waals surface area contributed by atoms with Gasteiger partial charge < -0.3 is 4.74 Å². The molecule has 0 atom stereocenters. The molecule has 0 saturated heterocycles. The molecule has 0 N–H and O–H groups in total. The molecule has 3 heterocycles. The number of fused-ring (bicyclic) bond motifs is 1. The number of nitrogens with zero attached hydrogens (tertiary/aromatic N) is 5. The first kappa shape index (κ1) is 25.4. The predicted octanol–water partition coefficient (Wildman–Crippen LogP) is 5.65. The van der Waals surface area contributed by atoms with Gasteiger partial charge in [0.15, 0.2) is 5.82 Å². The molecule has 3 aromatic carbocycles. The zero-order chi connectivity index (χ0) is 27.6. The summed E-state index contributed by atoms with van der Waals surface area (Å²) in [5.41, 5.74) is 3.89. The van der Waals surface area contributed by atoms with Crippen LogP contribution in [0.1, 0.15) is 30.8 Å². The van der Waals surface area contributed by atoms with Crippen LogP contribution in [-0.4, -0.2) is 30.5 Å². The first-order valence-corrected chi connectivity index (χ1v) is 13.5. The maximum absolute atomic E-state index is 13.3. The maximum Gasteiger partial charge on any atom is 0.291 e. The van der Waals surface area contributed by atoms with Crippen LogP contribution in [-0.2, 0) is 0 Å². The van der Waals surface area contributed by atoms with Crippen molar-refractivity contribution in [1.82, 2.24) is 24.4 Å². The van der Waals surface area contributed by atoms with E-state index < -0.39 is 0 Å². The number of aromatic nitrogens is 5. The first-order chi connectivity index (χ1) is 19.4. The molecule has 0 saturated carbocycles. The van der Waals surface area contributed by atoms with Crippen molar-refractivity contribution in [3.63, 3.8) is 0 Å². The Labute approximate surface area is 233 Å². The van der Waals surface area contributed by atoms with Gasteiger partial charge >= 0.3 is 0 Å². The van der Waals surface area contributed by atoms with Gasteiger partial charge in [-0.15, -0.1) is 5.10 Å². The lowest BCUT2D eigenvalue weighted by molar-refractivity contribution is 0.242. The summed E-state index contributed by atoms with van der Waals surface area (Å²) in [4.78, 5) is 18.2. The van der Waals surface area contributed by atoms with Crippen molar-refractivity contribution >= 4 is 34.5 Å². The molecule has 0 amide bonds. The van der Waals surface area contributed by atoms with Gasteiger partial charge in [0.25, 0.3) is 5.56 Å². The van der Waals surface area contributed by atoms with Crippen molar-refractivity contribution in [3.05, 3.63) is 123 Å². The number of ether oxygens (including phenoxy) is 1. The average molecular weight is 550 g/mol. The van der Waals surface area contributed by atoms with Gasteiger partial charge in [0, 0.05) is 17.3 Å². The Hall–Kier alpha value is -4.89. The molecule has 40 heavy (non-hydrogen) atoms. The van der Waals surface area contributed by atoms with Gasteiger partial charge in [-0.25, -0.2) is 9.07 Å². The van der Waals surface area contributed by atoms with E-state index >= 15 is 0 Å². The molecule has 0 spiro atoms. The minimum Gasteiger partial charge on any atom is -0.491 e. The summed E-state index contributed by atoms with van der Waals surface area (Å²) in [7, 11) is 0. The smallest absolute Gasteiger partial charge is 0.291 e. The SMILES string of the molecule is CC(C)Oc1ccc(-c2nn(-c3ccccc3)cc2/C=c2\sc3nc(/C=C/c4ccc(F)cc4)nn3c2=O)cc1. The van der Waals surface area contributed by atoms with E-state index in [4.69, 9.17) is 9.84 Å². The Morgan fingerprint density at radius 3 is 2.38 bits per heavy atom. The number of thiazole rings is 1. The monoisotopic (exact) mass is 549 g/mol. The van der Waals surface area contributed by atoms with Crippen LogP contribution in [0.5, 0.6) is 5.75 Å². The highest BCUT2D eigenvalue weighted by molar-refractivity contribution is 7.15. The number of hydrogen-bond acceptors (Lipinski definition) is 6. The summed E-state index contributed by atoms with van der Waals surface area (Å²) in [5, 5.41) is 9.22. The van der Waals surface area contributed by atoms with E-state index in [1.165, 1.54) is 28.0 Å². The molecule has 7 nitrogen and oxygen atoms in total. The second kappa shape index (κ2) is 10.7. The molecular formula is C31H24FN5O2S. The molecule has 0 aliphatic rings. The minimum atomic E-state index is -0.299. The van der Waals surface area contributed by atoms with E-state index in [0.29, 0.717) is 15.3 Å². The lowest BCUT2D eigenvalue weighted by Gasteiger charge is -2.09. The Balaban J connectivity index is 1.38. The van der Waals surface area contributed by atoms with E-state index in [1.54, 1.807) is 29.0 Å². The average Bonchev–Trinajstić information content (AvgIpc) is 3.64. The number of halogens is 1. The van der Waals surface area contributed by atoms with Crippen molar-refractivity contribution in [2.45, 2.75) is 20.0 Å². The zero-order valence-corrected chi connectivity index (χ0v) is 22.5. The largest absolute Gasteiger partial charge is 0.491 e. The minimum absolute atomic E-state index is 0.0766. The number of hydrogen-bond donors (Lipinski definition) is 0. The topological polar surface area (TPSA) is 74.3 Å². The first-order valence-electron chi connectivity index (χ1n) is 12.7. The van der Waals surface area contributed by atoms with Crippen LogP contribution in [0, 0.1) is 5.82 Å². The van der Waals surface area contributed by atoms with E-state index in [-0.39, 0.29) is 17.5 Å². The van der Waals surface area contributed by atoms with Crippen molar-refractivity contribution in [1.29, 1.82) is 0 Å². The van der Waals surface area contributed by atoms with Crippen LogP contribution in [0.4, 0.5) is 4.39 Å². The third kappa shape index (κ3) is 5.32. The van der Waals surface area contributed by atoms with Gasteiger partial charge in [0.05, 0.1) is 16.3 Å². The molecule has 9 heteroatoms. The third-order valence-corrected chi connectivity index (χ3v) is 7.00. The highest BCUT2D eigenvalue weighted by atomic mass is 32.1. The molecule has 6 rings (SSSR count). The fraction of sp³-hybridized carbons (Fsp3) is 0.0968. The second-order valence-corrected chi connectivity index (χ2v) is 10.4. The molecule has 0 radical (unpaired) electrons. The maximum atomic E-state index is 13.3. The molecule has 0 fully saturated rings.